The van der Waals surface area contributed by atoms with Gasteiger partial charge in [-0.2, -0.15) is 17.4 Å². The van der Waals surface area contributed by atoms with Gasteiger partial charge in [0, 0.05) is 14.1 Å². The number of rotatable bonds is 4. The molecule has 110 valence electrons. The number of ether oxygens (including phenoxy) is 2. The van der Waals surface area contributed by atoms with Crippen molar-refractivity contribution in [1.29, 1.82) is 0 Å². The van der Waals surface area contributed by atoms with E-state index in [9.17, 15) is 8.42 Å². The van der Waals surface area contributed by atoms with Gasteiger partial charge < -0.3 is 9.47 Å². The molecule has 0 amide bonds. The lowest BCUT2D eigenvalue weighted by atomic mass is 10.1. The first kappa shape index (κ1) is 13.7. The Morgan fingerprint density at radius 2 is 1.80 bits per heavy atom. The van der Waals surface area contributed by atoms with E-state index in [1.165, 1.54) is 18.4 Å². The summed E-state index contributed by atoms with van der Waals surface area (Å²) in [4.78, 5) is 0. The first-order valence-electron chi connectivity index (χ1n) is 6.55. The van der Waals surface area contributed by atoms with Crippen molar-refractivity contribution < 1.29 is 17.9 Å². The van der Waals surface area contributed by atoms with Crippen molar-refractivity contribution >= 4 is 10.2 Å². The van der Waals surface area contributed by atoms with Gasteiger partial charge in [-0.05, 0) is 30.5 Å². The van der Waals surface area contributed by atoms with Crippen LogP contribution in [0.2, 0.25) is 0 Å². The summed E-state index contributed by atoms with van der Waals surface area (Å²) >= 11 is 0. The molecule has 7 heteroatoms. The molecule has 0 bridgehead atoms. The Morgan fingerprint density at radius 1 is 1.15 bits per heavy atom. The summed E-state index contributed by atoms with van der Waals surface area (Å²) in [5.74, 6) is 1.40. The van der Waals surface area contributed by atoms with Crippen LogP contribution in [0.4, 0.5) is 0 Å². The number of nitrogens with zero attached hydrogens (tertiary/aromatic N) is 1. The summed E-state index contributed by atoms with van der Waals surface area (Å²) in [6, 6.07) is 5.62. The monoisotopic (exact) mass is 298 g/mol. The van der Waals surface area contributed by atoms with Crippen LogP contribution in [0.5, 0.6) is 11.5 Å². The largest absolute Gasteiger partial charge is 0.486 e. The molecule has 1 saturated carbocycles. The number of fused-ring (bicyclic) bond motifs is 1. The van der Waals surface area contributed by atoms with Gasteiger partial charge in [0.1, 0.15) is 13.2 Å². The Bertz CT molecular complexity index is 623. The molecule has 0 atom stereocenters. The second-order valence-corrected chi connectivity index (χ2v) is 7.21. The predicted molar refractivity (Wildman–Crippen MR) is 74.1 cm³/mol. The number of nitrogens with one attached hydrogen (secondary N) is 1. The maximum absolute atomic E-state index is 12.0. The van der Waals surface area contributed by atoms with Crippen LogP contribution in [-0.2, 0) is 15.7 Å². The van der Waals surface area contributed by atoms with Gasteiger partial charge in [-0.15, -0.1) is 0 Å². The van der Waals surface area contributed by atoms with Crippen molar-refractivity contribution in [1.82, 2.24) is 9.03 Å². The van der Waals surface area contributed by atoms with Crippen LogP contribution < -0.4 is 14.2 Å². The second kappa shape index (κ2) is 4.61. The Hall–Kier alpha value is -1.31. The third-order valence-electron chi connectivity index (χ3n) is 3.65. The van der Waals surface area contributed by atoms with E-state index in [0.29, 0.717) is 24.7 Å². The summed E-state index contributed by atoms with van der Waals surface area (Å²) in [6.07, 6.45) is 1.58. The highest BCUT2D eigenvalue weighted by molar-refractivity contribution is 7.87. The maximum Gasteiger partial charge on any atom is 0.279 e. The average Bonchev–Trinajstić information content (AvgIpc) is 3.18. The highest BCUT2D eigenvalue weighted by Gasteiger charge is 2.48. The molecular formula is C13H18N2O4S. The van der Waals surface area contributed by atoms with Gasteiger partial charge in [-0.25, -0.2) is 0 Å². The fourth-order valence-electron chi connectivity index (χ4n) is 2.25. The van der Waals surface area contributed by atoms with Gasteiger partial charge in [-0.3, -0.25) is 0 Å². The van der Waals surface area contributed by atoms with E-state index >= 15 is 0 Å². The standard InChI is InChI=1S/C13H18N2O4S/c1-15(2)20(16,17)14-13(5-6-13)10-3-4-11-12(9-10)19-8-7-18-11/h3-4,9,14H,5-8H2,1-2H3. The summed E-state index contributed by atoms with van der Waals surface area (Å²) in [5, 5.41) is 0. The number of benzene rings is 1. The van der Waals surface area contributed by atoms with Crippen LogP contribution >= 0.6 is 0 Å². The smallest absolute Gasteiger partial charge is 0.279 e. The summed E-state index contributed by atoms with van der Waals surface area (Å²) < 4.78 is 39.0. The molecule has 0 radical (unpaired) electrons. The molecule has 20 heavy (non-hydrogen) atoms. The fraction of sp³-hybridized carbons (Fsp3) is 0.538. The molecule has 1 heterocycles. The molecule has 0 unspecified atom stereocenters. The number of hydrogen-bond acceptors (Lipinski definition) is 4. The van der Waals surface area contributed by atoms with E-state index in [4.69, 9.17) is 9.47 Å². The summed E-state index contributed by atoms with van der Waals surface area (Å²) in [5.41, 5.74) is 0.422. The van der Waals surface area contributed by atoms with E-state index in [1.807, 2.05) is 18.2 Å². The van der Waals surface area contributed by atoms with Crippen LogP contribution in [0.1, 0.15) is 18.4 Å². The molecule has 1 N–H and O–H groups in total. The molecular weight excluding hydrogens is 280 g/mol. The molecule has 2 aliphatic rings. The Balaban J connectivity index is 1.89. The zero-order valence-corrected chi connectivity index (χ0v) is 12.4. The van der Waals surface area contributed by atoms with Crippen molar-refractivity contribution in [2.24, 2.45) is 0 Å². The first-order chi connectivity index (χ1) is 9.43. The normalized spacial score (nSPS) is 19.9. The Kier molecular flexibility index (Phi) is 3.15. The van der Waals surface area contributed by atoms with Crippen molar-refractivity contribution in [3.8, 4) is 11.5 Å². The maximum atomic E-state index is 12.0. The van der Waals surface area contributed by atoms with E-state index < -0.39 is 15.7 Å². The minimum atomic E-state index is -3.45. The molecule has 1 aliphatic carbocycles. The molecule has 1 aliphatic heterocycles. The van der Waals surface area contributed by atoms with Gasteiger partial charge in [0.15, 0.2) is 11.5 Å². The lowest BCUT2D eigenvalue weighted by Crippen LogP contribution is -2.42. The second-order valence-electron chi connectivity index (χ2n) is 5.33. The van der Waals surface area contributed by atoms with Gasteiger partial charge >= 0.3 is 0 Å². The minimum Gasteiger partial charge on any atom is -0.486 e. The topological polar surface area (TPSA) is 67.9 Å². The zero-order valence-electron chi connectivity index (χ0n) is 11.5. The molecule has 0 spiro atoms. The van der Waals surface area contributed by atoms with Crippen LogP contribution in [0, 0.1) is 0 Å². The quantitative estimate of drug-likeness (QED) is 0.894. The molecule has 0 aromatic heterocycles. The van der Waals surface area contributed by atoms with Crippen molar-refractivity contribution in [2.45, 2.75) is 18.4 Å². The van der Waals surface area contributed by atoms with Crippen molar-refractivity contribution in [3.63, 3.8) is 0 Å². The lowest BCUT2D eigenvalue weighted by molar-refractivity contribution is 0.171. The van der Waals surface area contributed by atoms with E-state index in [1.54, 1.807) is 0 Å². The van der Waals surface area contributed by atoms with Gasteiger partial charge in [0.05, 0.1) is 5.54 Å². The van der Waals surface area contributed by atoms with Crippen LogP contribution in [0.3, 0.4) is 0 Å². The molecule has 6 nitrogen and oxygen atoms in total. The lowest BCUT2D eigenvalue weighted by Gasteiger charge is -2.23. The van der Waals surface area contributed by atoms with Gasteiger partial charge in [-0.1, -0.05) is 6.07 Å². The average molecular weight is 298 g/mol. The predicted octanol–water partition coefficient (Wildman–Crippen LogP) is 0.843. The first-order valence-corrected chi connectivity index (χ1v) is 7.99. The van der Waals surface area contributed by atoms with Crippen LogP contribution in [0.25, 0.3) is 0 Å². The summed E-state index contributed by atoms with van der Waals surface area (Å²) in [7, 11) is -0.419. The Morgan fingerprint density at radius 3 is 2.40 bits per heavy atom. The van der Waals surface area contributed by atoms with E-state index in [0.717, 1.165) is 18.4 Å². The number of hydrogen-bond donors (Lipinski definition) is 1. The zero-order chi connectivity index (χ0) is 14.4. The molecule has 1 aromatic carbocycles. The third kappa shape index (κ3) is 2.36. The fourth-order valence-corrected chi connectivity index (χ4v) is 3.25. The molecule has 1 aromatic rings. The molecule has 1 fully saturated rings. The van der Waals surface area contributed by atoms with Crippen LogP contribution in [0.15, 0.2) is 18.2 Å². The third-order valence-corrected chi connectivity index (χ3v) is 5.26. The van der Waals surface area contributed by atoms with Crippen molar-refractivity contribution in [2.75, 3.05) is 27.3 Å². The van der Waals surface area contributed by atoms with Crippen LogP contribution in [-0.4, -0.2) is 40.0 Å². The molecule has 3 rings (SSSR count). The minimum absolute atomic E-state index is 0.501. The van der Waals surface area contributed by atoms with Gasteiger partial charge in [0.2, 0.25) is 0 Å². The van der Waals surface area contributed by atoms with Gasteiger partial charge in [0.25, 0.3) is 10.2 Å². The summed E-state index contributed by atoms with van der Waals surface area (Å²) in [6.45, 7) is 1.07. The Labute approximate surface area is 118 Å². The van der Waals surface area contributed by atoms with Crippen molar-refractivity contribution in [3.05, 3.63) is 23.8 Å². The highest BCUT2D eigenvalue weighted by atomic mass is 32.2. The SMILES string of the molecule is CN(C)S(=O)(=O)NC1(c2ccc3c(c2)OCCO3)CC1. The highest BCUT2D eigenvalue weighted by Crippen LogP contribution is 2.48. The van der Waals surface area contributed by atoms with E-state index in [2.05, 4.69) is 4.72 Å². The van der Waals surface area contributed by atoms with E-state index in [-0.39, 0.29) is 0 Å². The molecule has 0 saturated heterocycles.